The predicted molar refractivity (Wildman–Crippen MR) is 72.6 cm³/mol. The molecule has 0 aliphatic carbocycles. The summed E-state index contributed by atoms with van der Waals surface area (Å²) in [6.07, 6.45) is 0.945. The first-order valence-corrected chi connectivity index (χ1v) is 5.92. The Hall–Kier alpha value is -2.56. The number of hydrogen-bond donors (Lipinski definition) is 1. The van der Waals surface area contributed by atoms with Crippen LogP contribution in [-0.4, -0.2) is 12.1 Å². The van der Waals surface area contributed by atoms with Gasteiger partial charge in [-0.3, -0.25) is 4.79 Å². The molecule has 0 unspecified atom stereocenters. The van der Waals surface area contributed by atoms with Gasteiger partial charge in [0.15, 0.2) is 0 Å². The van der Waals surface area contributed by atoms with Crippen LogP contribution in [0.2, 0.25) is 0 Å². The van der Waals surface area contributed by atoms with Crippen molar-refractivity contribution in [1.29, 1.82) is 0 Å². The number of benzene rings is 2. The van der Waals surface area contributed by atoms with Gasteiger partial charge >= 0.3 is 0 Å². The van der Waals surface area contributed by atoms with Crippen LogP contribution in [0.3, 0.4) is 0 Å². The molecule has 0 bridgehead atoms. The number of hydrogen-bond acceptors (Lipinski definition) is 2. The number of carbonyl (C=O) groups is 1. The van der Waals surface area contributed by atoms with Crippen molar-refractivity contribution in [3.63, 3.8) is 0 Å². The van der Waals surface area contributed by atoms with E-state index < -0.39 is 17.5 Å². The number of nitrogens with one attached hydrogen (secondary N) is 1. The van der Waals surface area contributed by atoms with Crippen LogP contribution in [0, 0.1) is 18.6 Å². The van der Waals surface area contributed by atoms with Gasteiger partial charge in [-0.05, 0) is 30.7 Å². The second-order valence-corrected chi connectivity index (χ2v) is 4.15. The molecule has 2 aromatic rings. The van der Waals surface area contributed by atoms with Gasteiger partial charge in [-0.25, -0.2) is 14.2 Å². The predicted octanol–water partition coefficient (Wildman–Crippen LogP) is 3.04. The van der Waals surface area contributed by atoms with Gasteiger partial charge < -0.3 is 0 Å². The van der Waals surface area contributed by atoms with Gasteiger partial charge in [-0.15, -0.1) is 0 Å². The van der Waals surface area contributed by atoms with Crippen molar-refractivity contribution in [2.75, 3.05) is 0 Å². The number of carbonyl (C=O) groups excluding carboxylic acids is 1. The molecule has 2 rings (SSSR count). The molecule has 0 heterocycles. The van der Waals surface area contributed by atoms with Crippen molar-refractivity contribution in [1.82, 2.24) is 5.43 Å². The van der Waals surface area contributed by atoms with Crippen LogP contribution in [0.4, 0.5) is 8.78 Å². The minimum absolute atomic E-state index is 0.294. The molecular weight excluding hydrogens is 262 g/mol. The van der Waals surface area contributed by atoms with Gasteiger partial charge in [0.05, 0.1) is 11.8 Å². The highest BCUT2D eigenvalue weighted by Crippen LogP contribution is 2.09. The Morgan fingerprint density at radius 3 is 2.40 bits per heavy atom. The lowest BCUT2D eigenvalue weighted by atomic mass is 10.1. The average Bonchev–Trinajstić information content (AvgIpc) is 2.42. The van der Waals surface area contributed by atoms with Crippen molar-refractivity contribution < 1.29 is 13.6 Å². The van der Waals surface area contributed by atoms with Crippen LogP contribution in [0.25, 0.3) is 0 Å². The smallest absolute Gasteiger partial charge is 0.267 e. The number of aryl methyl sites for hydroxylation is 1. The fourth-order valence-corrected chi connectivity index (χ4v) is 1.68. The molecule has 0 aliphatic heterocycles. The lowest BCUT2D eigenvalue weighted by molar-refractivity contribution is 0.0954. The van der Waals surface area contributed by atoms with Crippen molar-refractivity contribution >= 4 is 12.1 Å². The van der Waals surface area contributed by atoms with E-state index in [4.69, 9.17) is 0 Å². The Labute approximate surface area is 114 Å². The molecule has 0 spiro atoms. The van der Waals surface area contributed by atoms with Crippen molar-refractivity contribution in [3.8, 4) is 0 Å². The molecular formula is C15H12F2N2O. The summed E-state index contributed by atoms with van der Waals surface area (Å²) in [5.74, 6) is -1.91. The molecule has 1 N–H and O–H groups in total. The maximum absolute atomic E-state index is 13.3. The van der Waals surface area contributed by atoms with Gasteiger partial charge in [0.2, 0.25) is 0 Å². The zero-order chi connectivity index (χ0) is 14.5. The monoisotopic (exact) mass is 274 g/mol. The molecule has 2 aromatic carbocycles. The number of halogens is 2. The van der Waals surface area contributed by atoms with E-state index in [1.165, 1.54) is 6.07 Å². The van der Waals surface area contributed by atoms with Gasteiger partial charge in [0.25, 0.3) is 5.91 Å². The largest absolute Gasteiger partial charge is 0.271 e. The molecule has 0 saturated heterocycles. The number of rotatable bonds is 3. The molecule has 0 saturated carbocycles. The van der Waals surface area contributed by atoms with E-state index >= 15 is 0 Å². The summed E-state index contributed by atoms with van der Waals surface area (Å²) in [7, 11) is 0. The lowest BCUT2D eigenvalue weighted by Crippen LogP contribution is -2.18. The highest BCUT2D eigenvalue weighted by atomic mass is 19.1. The molecule has 0 radical (unpaired) electrons. The Bertz CT molecular complexity index is 648. The fourth-order valence-electron chi connectivity index (χ4n) is 1.68. The average molecular weight is 274 g/mol. The van der Waals surface area contributed by atoms with Crippen LogP contribution in [-0.2, 0) is 0 Å². The minimum atomic E-state index is -0.737. The molecule has 0 atom stereocenters. The molecule has 102 valence electrons. The molecule has 0 aliphatic rings. The molecule has 3 nitrogen and oxygen atoms in total. The Morgan fingerprint density at radius 2 is 1.75 bits per heavy atom. The first-order valence-electron chi connectivity index (χ1n) is 5.92. The summed E-state index contributed by atoms with van der Waals surface area (Å²) in [6, 6.07) is 10.5. The van der Waals surface area contributed by atoms with E-state index in [1.807, 2.05) is 6.07 Å². The third-order valence-electron chi connectivity index (χ3n) is 2.75. The van der Waals surface area contributed by atoms with Gasteiger partial charge in [-0.2, -0.15) is 5.10 Å². The fraction of sp³-hybridized carbons (Fsp3) is 0.0667. The number of amides is 1. The summed E-state index contributed by atoms with van der Waals surface area (Å²) in [5.41, 5.74) is 3.19. The highest BCUT2D eigenvalue weighted by Gasteiger charge is 2.08. The lowest BCUT2D eigenvalue weighted by Gasteiger charge is -2.03. The van der Waals surface area contributed by atoms with E-state index in [-0.39, 0.29) is 5.56 Å². The third kappa shape index (κ3) is 3.06. The standard InChI is InChI=1S/C15H12F2N2O/c1-10-5-2-3-6-11(10)15(20)19-18-9-12-13(16)7-4-8-14(12)17/h2-9H,1H3,(H,19,20)/b18-9-. The van der Waals surface area contributed by atoms with Gasteiger partial charge in [0, 0.05) is 5.56 Å². The quantitative estimate of drug-likeness (QED) is 0.678. The maximum atomic E-state index is 13.3. The third-order valence-corrected chi connectivity index (χ3v) is 2.75. The first kappa shape index (κ1) is 13.9. The van der Waals surface area contributed by atoms with Gasteiger partial charge in [0.1, 0.15) is 11.6 Å². The summed E-state index contributed by atoms with van der Waals surface area (Å²) in [4.78, 5) is 11.8. The topological polar surface area (TPSA) is 41.5 Å². The van der Waals surface area contributed by atoms with Crippen LogP contribution < -0.4 is 5.43 Å². The Balaban J connectivity index is 2.11. The van der Waals surface area contributed by atoms with E-state index in [0.29, 0.717) is 5.56 Å². The highest BCUT2D eigenvalue weighted by molar-refractivity contribution is 5.96. The zero-order valence-electron chi connectivity index (χ0n) is 10.7. The summed E-state index contributed by atoms with van der Waals surface area (Å²) in [5, 5.41) is 3.58. The van der Waals surface area contributed by atoms with Crippen LogP contribution in [0.1, 0.15) is 21.5 Å². The summed E-state index contributed by atoms with van der Waals surface area (Å²) in [6.45, 7) is 1.79. The minimum Gasteiger partial charge on any atom is -0.267 e. The van der Waals surface area contributed by atoms with E-state index in [0.717, 1.165) is 23.9 Å². The molecule has 0 aromatic heterocycles. The maximum Gasteiger partial charge on any atom is 0.271 e. The van der Waals surface area contributed by atoms with E-state index in [2.05, 4.69) is 10.5 Å². The van der Waals surface area contributed by atoms with E-state index in [1.54, 1.807) is 25.1 Å². The number of nitrogens with zero attached hydrogens (tertiary/aromatic N) is 1. The van der Waals surface area contributed by atoms with Crippen molar-refractivity contribution in [3.05, 3.63) is 70.8 Å². The van der Waals surface area contributed by atoms with Crippen LogP contribution in [0.5, 0.6) is 0 Å². The second kappa shape index (κ2) is 6.06. The van der Waals surface area contributed by atoms with E-state index in [9.17, 15) is 13.6 Å². The normalized spacial score (nSPS) is 10.8. The summed E-state index contributed by atoms with van der Waals surface area (Å²) >= 11 is 0. The molecule has 5 heteroatoms. The first-order chi connectivity index (χ1) is 9.59. The van der Waals surface area contributed by atoms with Crippen LogP contribution >= 0.6 is 0 Å². The Kier molecular flexibility index (Phi) is 4.20. The Morgan fingerprint density at radius 1 is 1.10 bits per heavy atom. The summed E-state index contributed by atoms with van der Waals surface area (Å²) < 4.78 is 26.6. The SMILES string of the molecule is Cc1ccccc1C(=O)N/N=C\c1c(F)cccc1F. The zero-order valence-corrected chi connectivity index (χ0v) is 10.7. The molecule has 1 amide bonds. The van der Waals surface area contributed by atoms with Gasteiger partial charge in [-0.1, -0.05) is 24.3 Å². The van der Waals surface area contributed by atoms with Crippen molar-refractivity contribution in [2.45, 2.75) is 6.92 Å². The molecule has 20 heavy (non-hydrogen) atoms. The van der Waals surface area contributed by atoms with Crippen LogP contribution in [0.15, 0.2) is 47.6 Å². The second-order valence-electron chi connectivity index (χ2n) is 4.15. The van der Waals surface area contributed by atoms with Crippen molar-refractivity contribution in [2.24, 2.45) is 5.10 Å². The number of hydrazone groups is 1. The molecule has 0 fully saturated rings.